The van der Waals surface area contributed by atoms with E-state index in [4.69, 9.17) is 10.5 Å². The van der Waals surface area contributed by atoms with Crippen molar-refractivity contribution in [1.29, 1.82) is 0 Å². The molecule has 114 valence electrons. The van der Waals surface area contributed by atoms with E-state index < -0.39 is 5.91 Å². The normalized spacial score (nSPS) is 10.4. The summed E-state index contributed by atoms with van der Waals surface area (Å²) < 4.78 is 5.68. The van der Waals surface area contributed by atoms with Gasteiger partial charge in [0.2, 0.25) is 0 Å². The quantitative estimate of drug-likeness (QED) is 0.721. The minimum absolute atomic E-state index is 0.0258. The first kappa shape index (κ1) is 14.5. The van der Waals surface area contributed by atoms with Gasteiger partial charge in [-0.2, -0.15) is 0 Å². The summed E-state index contributed by atoms with van der Waals surface area (Å²) in [5.74, 6) is -0.234. The Kier molecular flexibility index (Phi) is 3.64. The molecule has 2 aromatic carbocycles. The van der Waals surface area contributed by atoms with Gasteiger partial charge in [-0.25, -0.2) is 4.98 Å². The van der Waals surface area contributed by atoms with Crippen molar-refractivity contribution >= 4 is 23.0 Å². The van der Waals surface area contributed by atoms with Crippen LogP contribution in [0.15, 0.2) is 48.5 Å². The van der Waals surface area contributed by atoms with Gasteiger partial charge in [0.25, 0.3) is 5.91 Å². The van der Waals surface area contributed by atoms with Gasteiger partial charge in [-0.15, -0.1) is 0 Å². The Balaban J connectivity index is 2.16. The van der Waals surface area contributed by atoms with Crippen LogP contribution >= 0.6 is 0 Å². The maximum atomic E-state index is 11.4. The summed E-state index contributed by atoms with van der Waals surface area (Å²) in [6.45, 7) is 0. The third-order valence-electron chi connectivity index (χ3n) is 3.30. The molecule has 3 aromatic rings. The zero-order valence-electron chi connectivity index (χ0n) is 11.9. The molecule has 1 amide bonds. The lowest BCUT2D eigenvalue weighted by molar-refractivity contribution is 0.0993. The lowest BCUT2D eigenvalue weighted by Crippen LogP contribution is -2.14. The molecule has 3 rings (SSSR count). The average Bonchev–Trinajstić information content (AvgIpc) is 2.56. The molecule has 1 heterocycles. The molecule has 0 fully saturated rings. The summed E-state index contributed by atoms with van der Waals surface area (Å²) >= 11 is 0. The van der Waals surface area contributed by atoms with Crippen molar-refractivity contribution < 1.29 is 19.4 Å². The zero-order chi connectivity index (χ0) is 16.4. The van der Waals surface area contributed by atoms with Crippen LogP contribution < -0.4 is 10.5 Å². The SMILES string of the molecule is NC(=O)c1nc(C=O)c2ccc(Oc3ccccc3)cc2c1O. The van der Waals surface area contributed by atoms with Crippen LogP contribution in [0.1, 0.15) is 21.0 Å². The smallest absolute Gasteiger partial charge is 0.271 e. The van der Waals surface area contributed by atoms with Crippen LogP contribution in [0.2, 0.25) is 0 Å². The van der Waals surface area contributed by atoms with Crippen LogP contribution in [0.25, 0.3) is 10.8 Å². The van der Waals surface area contributed by atoms with Crippen LogP contribution in [0, 0.1) is 0 Å². The van der Waals surface area contributed by atoms with Gasteiger partial charge in [-0.3, -0.25) is 9.59 Å². The van der Waals surface area contributed by atoms with Gasteiger partial charge < -0.3 is 15.6 Å². The Bertz CT molecular complexity index is 907. The van der Waals surface area contributed by atoms with Gasteiger partial charge in [-0.05, 0) is 30.3 Å². The first-order chi connectivity index (χ1) is 11.1. The lowest BCUT2D eigenvalue weighted by atomic mass is 10.1. The number of aromatic hydroxyl groups is 1. The molecule has 0 unspecified atom stereocenters. The number of fused-ring (bicyclic) bond motifs is 1. The maximum Gasteiger partial charge on any atom is 0.271 e. The number of ether oxygens (including phenoxy) is 1. The molecule has 3 N–H and O–H groups in total. The van der Waals surface area contributed by atoms with Crippen molar-refractivity contribution in [2.45, 2.75) is 0 Å². The first-order valence-electron chi connectivity index (χ1n) is 6.74. The van der Waals surface area contributed by atoms with E-state index in [1.54, 1.807) is 24.3 Å². The molecule has 0 radical (unpaired) electrons. The molecule has 1 aromatic heterocycles. The number of benzene rings is 2. The molecule has 0 saturated heterocycles. The van der Waals surface area contributed by atoms with Crippen LogP contribution in [0.5, 0.6) is 17.2 Å². The molecule has 6 heteroatoms. The fourth-order valence-electron chi connectivity index (χ4n) is 2.25. The monoisotopic (exact) mass is 308 g/mol. The highest BCUT2D eigenvalue weighted by molar-refractivity contribution is 6.06. The van der Waals surface area contributed by atoms with Crippen molar-refractivity contribution in [3.8, 4) is 17.2 Å². The molecular weight excluding hydrogens is 296 g/mol. The van der Waals surface area contributed by atoms with E-state index in [2.05, 4.69) is 4.98 Å². The van der Waals surface area contributed by atoms with Crippen molar-refractivity contribution in [2.75, 3.05) is 0 Å². The van der Waals surface area contributed by atoms with Gasteiger partial charge in [0.05, 0.1) is 0 Å². The number of nitrogens with two attached hydrogens (primary N) is 1. The zero-order valence-corrected chi connectivity index (χ0v) is 11.9. The van der Waals surface area contributed by atoms with Gasteiger partial charge in [0, 0.05) is 10.8 Å². The van der Waals surface area contributed by atoms with Crippen molar-refractivity contribution in [1.82, 2.24) is 4.98 Å². The van der Waals surface area contributed by atoms with Crippen LogP contribution in [0.3, 0.4) is 0 Å². The van der Waals surface area contributed by atoms with Crippen LogP contribution in [-0.2, 0) is 0 Å². The highest BCUT2D eigenvalue weighted by atomic mass is 16.5. The Morgan fingerprint density at radius 2 is 1.83 bits per heavy atom. The number of amides is 1. The van der Waals surface area contributed by atoms with Gasteiger partial charge in [0.1, 0.15) is 17.2 Å². The number of carbonyl (C=O) groups is 2. The molecule has 0 aliphatic heterocycles. The fraction of sp³-hybridized carbons (Fsp3) is 0. The Labute approximate surface area is 131 Å². The topological polar surface area (TPSA) is 103 Å². The molecule has 0 aliphatic carbocycles. The summed E-state index contributed by atoms with van der Waals surface area (Å²) in [6, 6.07) is 13.8. The van der Waals surface area contributed by atoms with Crippen LogP contribution in [-0.4, -0.2) is 22.3 Å². The first-order valence-corrected chi connectivity index (χ1v) is 6.74. The predicted molar refractivity (Wildman–Crippen MR) is 83.8 cm³/mol. The number of carbonyl (C=O) groups excluding carboxylic acids is 2. The van der Waals surface area contributed by atoms with E-state index in [9.17, 15) is 14.7 Å². The van der Waals surface area contributed by atoms with Crippen molar-refractivity contribution in [2.24, 2.45) is 5.73 Å². The maximum absolute atomic E-state index is 11.4. The highest BCUT2D eigenvalue weighted by Crippen LogP contribution is 2.33. The number of aromatic nitrogens is 1. The fourth-order valence-corrected chi connectivity index (χ4v) is 2.25. The Morgan fingerprint density at radius 3 is 2.48 bits per heavy atom. The number of pyridine rings is 1. The second-order valence-corrected chi connectivity index (χ2v) is 4.80. The minimum atomic E-state index is -0.915. The second-order valence-electron chi connectivity index (χ2n) is 4.80. The molecule has 0 saturated carbocycles. The third kappa shape index (κ3) is 2.69. The molecule has 0 spiro atoms. The van der Waals surface area contributed by atoms with E-state index in [0.717, 1.165) is 0 Å². The third-order valence-corrected chi connectivity index (χ3v) is 3.30. The number of rotatable bonds is 4. The number of para-hydroxylation sites is 1. The Hall–Kier alpha value is -3.41. The number of hydrogen-bond acceptors (Lipinski definition) is 5. The molecule has 0 bridgehead atoms. The number of primary amides is 1. The van der Waals surface area contributed by atoms with Gasteiger partial charge in [0.15, 0.2) is 17.7 Å². The van der Waals surface area contributed by atoms with E-state index in [0.29, 0.717) is 23.2 Å². The van der Waals surface area contributed by atoms with Crippen molar-refractivity contribution in [3.05, 3.63) is 59.9 Å². The molecule has 0 atom stereocenters. The largest absolute Gasteiger partial charge is 0.505 e. The molecule has 23 heavy (non-hydrogen) atoms. The minimum Gasteiger partial charge on any atom is -0.505 e. The summed E-state index contributed by atoms with van der Waals surface area (Å²) in [4.78, 5) is 26.3. The highest BCUT2D eigenvalue weighted by Gasteiger charge is 2.17. The molecule has 0 aliphatic rings. The van der Waals surface area contributed by atoms with E-state index >= 15 is 0 Å². The van der Waals surface area contributed by atoms with Crippen LogP contribution in [0.4, 0.5) is 0 Å². The summed E-state index contributed by atoms with van der Waals surface area (Å²) in [5, 5.41) is 10.9. The number of nitrogens with zero attached hydrogens (tertiary/aromatic N) is 1. The van der Waals surface area contributed by atoms with Crippen molar-refractivity contribution in [3.63, 3.8) is 0 Å². The lowest BCUT2D eigenvalue weighted by Gasteiger charge is -2.10. The second kappa shape index (κ2) is 5.76. The van der Waals surface area contributed by atoms with Gasteiger partial charge in [-0.1, -0.05) is 18.2 Å². The molecular formula is C17H12N2O4. The average molecular weight is 308 g/mol. The summed E-state index contributed by atoms with van der Waals surface area (Å²) in [5.41, 5.74) is 4.86. The Morgan fingerprint density at radius 1 is 1.09 bits per heavy atom. The van der Waals surface area contributed by atoms with Gasteiger partial charge >= 0.3 is 0 Å². The number of aldehydes is 1. The number of hydrogen-bond donors (Lipinski definition) is 2. The standard InChI is InChI=1S/C17H12N2O4/c18-17(22)15-16(21)13-8-11(23-10-4-2-1-3-5-10)6-7-12(13)14(9-20)19-15/h1-9,21H,(H2,18,22). The van der Waals surface area contributed by atoms with E-state index in [-0.39, 0.29) is 22.5 Å². The summed E-state index contributed by atoms with van der Waals surface area (Å²) in [7, 11) is 0. The molecule has 6 nitrogen and oxygen atoms in total. The van der Waals surface area contributed by atoms with E-state index in [1.165, 1.54) is 6.07 Å². The summed E-state index contributed by atoms with van der Waals surface area (Å²) in [6.07, 6.45) is 0.506. The predicted octanol–water partition coefficient (Wildman–Crippen LogP) is 2.64. The van der Waals surface area contributed by atoms with E-state index in [1.807, 2.05) is 18.2 Å².